The van der Waals surface area contributed by atoms with Crippen LogP contribution in [0.1, 0.15) is 25.0 Å². The van der Waals surface area contributed by atoms with Crippen molar-refractivity contribution in [3.05, 3.63) is 223 Å². The molecule has 10 aromatic rings. The van der Waals surface area contributed by atoms with Crippen LogP contribution in [0.5, 0.6) is 0 Å². The van der Waals surface area contributed by atoms with Gasteiger partial charge in [-0.3, -0.25) is 0 Å². The van der Waals surface area contributed by atoms with E-state index in [2.05, 4.69) is 225 Å². The Labute approximate surface area is 345 Å². The van der Waals surface area contributed by atoms with Crippen LogP contribution in [0.4, 0.5) is 17.1 Å². The Morgan fingerprint density at radius 3 is 1.73 bits per heavy atom. The van der Waals surface area contributed by atoms with Crippen molar-refractivity contribution in [2.24, 2.45) is 0 Å². The summed E-state index contributed by atoms with van der Waals surface area (Å²) in [6.45, 7) is 4.76. The molecule has 280 valence electrons. The molecule has 0 bridgehead atoms. The Bertz CT molecular complexity index is 3190. The second-order valence-corrected chi connectivity index (χ2v) is 16.0. The van der Waals surface area contributed by atoms with E-state index in [1.54, 1.807) is 0 Å². The van der Waals surface area contributed by atoms with Gasteiger partial charge in [-0.05, 0) is 86.0 Å². The van der Waals surface area contributed by atoms with Gasteiger partial charge in [0.1, 0.15) is 11.2 Å². The van der Waals surface area contributed by atoms with Gasteiger partial charge in [0.05, 0.1) is 11.4 Å². The third-order valence-electron chi connectivity index (χ3n) is 12.3. The van der Waals surface area contributed by atoms with E-state index in [0.717, 1.165) is 50.1 Å². The molecule has 0 atom stereocenters. The van der Waals surface area contributed by atoms with E-state index >= 15 is 0 Å². The van der Waals surface area contributed by atoms with Crippen molar-refractivity contribution < 1.29 is 4.42 Å². The normalized spacial score (nSPS) is 12.7. The van der Waals surface area contributed by atoms with Crippen LogP contribution >= 0.6 is 0 Å². The van der Waals surface area contributed by atoms with E-state index in [1.165, 1.54) is 55.6 Å². The largest absolute Gasteiger partial charge is 0.455 e. The van der Waals surface area contributed by atoms with Gasteiger partial charge in [-0.1, -0.05) is 196 Å². The molecule has 0 spiro atoms. The molecule has 0 radical (unpaired) electrons. The third kappa shape index (κ3) is 5.63. The van der Waals surface area contributed by atoms with Crippen molar-refractivity contribution in [1.82, 2.24) is 0 Å². The number of para-hydroxylation sites is 2. The number of nitrogens with zero attached hydrogens (tertiary/aromatic N) is 1. The van der Waals surface area contributed by atoms with Crippen LogP contribution in [0, 0.1) is 0 Å². The topological polar surface area (TPSA) is 16.4 Å². The van der Waals surface area contributed by atoms with Gasteiger partial charge in [0.2, 0.25) is 0 Å². The Hall–Kier alpha value is -7.42. The van der Waals surface area contributed by atoms with E-state index in [-0.39, 0.29) is 5.41 Å². The molecule has 0 saturated heterocycles. The summed E-state index contributed by atoms with van der Waals surface area (Å²) in [5, 5.41) is 2.25. The SMILES string of the molecule is CC1(C)c2ccccc2-c2cccc(N(c3cccc(-c4cccc5c4oc4ccccc45)c3)c3cccc(-c4ccccc4)c3-c3ccccc3-c3ccccc3)c21. The van der Waals surface area contributed by atoms with Crippen LogP contribution in [-0.4, -0.2) is 0 Å². The number of hydrogen-bond acceptors (Lipinski definition) is 2. The van der Waals surface area contributed by atoms with Gasteiger partial charge in [-0.2, -0.15) is 0 Å². The molecule has 2 nitrogen and oxygen atoms in total. The predicted octanol–water partition coefficient (Wildman–Crippen LogP) is 16.0. The molecule has 0 unspecified atom stereocenters. The van der Waals surface area contributed by atoms with Crippen LogP contribution in [-0.2, 0) is 5.41 Å². The number of benzene rings is 9. The molecule has 0 N–H and O–H groups in total. The van der Waals surface area contributed by atoms with Gasteiger partial charge < -0.3 is 9.32 Å². The Morgan fingerprint density at radius 1 is 0.390 bits per heavy atom. The minimum absolute atomic E-state index is 0.253. The first-order valence-corrected chi connectivity index (χ1v) is 20.4. The maximum absolute atomic E-state index is 6.61. The zero-order chi connectivity index (χ0) is 39.5. The lowest BCUT2D eigenvalue weighted by Gasteiger charge is -2.34. The quantitative estimate of drug-likeness (QED) is 0.161. The molecule has 2 heteroatoms. The molecule has 0 fully saturated rings. The predicted molar refractivity (Wildman–Crippen MR) is 248 cm³/mol. The highest BCUT2D eigenvalue weighted by molar-refractivity contribution is 6.10. The molecular formula is C57H41NO. The summed E-state index contributed by atoms with van der Waals surface area (Å²) in [5.74, 6) is 0. The average molecular weight is 756 g/mol. The van der Waals surface area contributed by atoms with Crippen LogP contribution in [0.25, 0.3) is 77.6 Å². The lowest BCUT2D eigenvalue weighted by atomic mass is 9.81. The molecule has 59 heavy (non-hydrogen) atoms. The number of hydrogen-bond donors (Lipinski definition) is 0. The van der Waals surface area contributed by atoms with E-state index in [0.29, 0.717) is 0 Å². The molecular weight excluding hydrogens is 715 g/mol. The Morgan fingerprint density at radius 2 is 0.932 bits per heavy atom. The lowest BCUT2D eigenvalue weighted by Crippen LogP contribution is -2.21. The maximum atomic E-state index is 6.61. The summed E-state index contributed by atoms with van der Waals surface area (Å²) in [7, 11) is 0. The molecule has 9 aromatic carbocycles. The third-order valence-corrected chi connectivity index (χ3v) is 12.3. The zero-order valence-electron chi connectivity index (χ0n) is 33.1. The van der Waals surface area contributed by atoms with E-state index in [1.807, 2.05) is 6.07 Å². The molecule has 1 aliphatic rings. The number of rotatable bonds is 7. The summed E-state index contributed by atoms with van der Waals surface area (Å²) in [4.78, 5) is 2.53. The van der Waals surface area contributed by atoms with Crippen LogP contribution in [0.15, 0.2) is 217 Å². The first kappa shape index (κ1) is 34.8. The van der Waals surface area contributed by atoms with Crippen molar-refractivity contribution in [2.75, 3.05) is 4.90 Å². The molecule has 0 amide bonds. The Balaban J connectivity index is 1.23. The van der Waals surface area contributed by atoms with Crippen LogP contribution in [0.3, 0.4) is 0 Å². The maximum Gasteiger partial charge on any atom is 0.143 e. The van der Waals surface area contributed by atoms with E-state index in [4.69, 9.17) is 4.42 Å². The van der Waals surface area contributed by atoms with Gasteiger partial charge in [0, 0.05) is 33.0 Å². The molecule has 0 aliphatic heterocycles. The summed E-state index contributed by atoms with van der Waals surface area (Å²) in [5.41, 5.74) is 19.4. The molecule has 1 aliphatic carbocycles. The fourth-order valence-corrected chi connectivity index (χ4v) is 9.64. The van der Waals surface area contributed by atoms with Crippen molar-refractivity contribution in [2.45, 2.75) is 19.3 Å². The van der Waals surface area contributed by atoms with Gasteiger partial charge in [-0.25, -0.2) is 0 Å². The van der Waals surface area contributed by atoms with Gasteiger partial charge in [-0.15, -0.1) is 0 Å². The van der Waals surface area contributed by atoms with Crippen LogP contribution in [0.2, 0.25) is 0 Å². The van der Waals surface area contributed by atoms with E-state index < -0.39 is 0 Å². The fraction of sp³-hybridized carbons (Fsp3) is 0.0526. The molecule has 1 aromatic heterocycles. The zero-order valence-corrected chi connectivity index (χ0v) is 33.1. The minimum atomic E-state index is -0.253. The summed E-state index contributed by atoms with van der Waals surface area (Å²) in [6.07, 6.45) is 0. The fourth-order valence-electron chi connectivity index (χ4n) is 9.64. The molecule has 1 heterocycles. The highest BCUT2D eigenvalue weighted by Crippen LogP contribution is 2.56. The number of anilines is 3. The van der Waals surface area contributed by atoms with E-state index in [9.17, 15) is 0 Å². The lowest BCUT2D eigenvalue weighted by molar-refractivity contribution is 0.661. The van der Waals surface area contributed by atoms with Crippen molar-refractivity contribution in [1.29, 1.82) is 0 Å². The first-order valence-electron chi connectivity index (χ1n) is 20.4. The Kier molecular flexibility index (Phi) is 8.20. The number of furan rings is 1. The minimum Gasteiger partial charge on any atom is -0.455 e. The second-order valence-electron chi connectivity index (χ2n) is 16.0. The van der Waals surface area contributed by atoms with Crippen molar-refractivity contribution >= 4 is 39.0 Å². The second kappa shape index (κ2) is 13.9. The summed E-state index contributed by atoms with van der Waals surface area (Å²) in [6, 6.07) is 76.9. The number of fused-ring (bicyclic) bond motifs is 6. The molecule has 11 rings (SSSR count). The summed E-state index contributed by atoms with van der Waals surface area (Å²) < 4.78 is 6.61. The van der Waals surface area contributed by atoms with Crippen molar-refractivity contribution in [3.8, 4) is 55.6 Å². The standard InChI is InChI=1S/C57H41NO/c1-57(2)50-33-13-11-26-45(50)48-31-18-35-52(55(48)57)58(41-24-15-23-40(37-41)44-30-16-32-49-46-27-12-14-36-53(46)59-56(44)49)51-34-17-29-43(39-21-7-4-8-22-39)54(51)47-28-10-9-25-42(47)38-19-5-3-6-20-38/h3-37H,1-2H3. The van der Waals surface area contributed by atoms with Gasteiger partial charge >= 0.3 is 0 Å². The smallest absolute Gasteiger partial charge is 0.143 e. The highest BCUT2D eigenvalue weighted by atomic mass is 16.3. The monoisotopic (exact) mass is 755 g/mol. The average Bonchev–Trinajstić information content (AvgIpc) is 3.79. The van der Waals surface area contributed by atoms with Gasteiger partial charge in [0.25, 0.3) is 0 Å². The van der Waals surface area contributed by atoms with Crippen LogP contribution < -0.4 is 4.90 Å². The van der Waals surface area contributed by atoms with Crippen molar-refractivity contribution in [3.63, 3.8) is 0 Å². The molecule has 0 saturated carbocycles. The highest BCUT2D eigenvalue weighted by Gasteiger charge is 2.39. The van der Waals surface area contributed by atoms with Gasteiger partial charge in [0.15, 0.2) is 0 Å². The summed E-state index contributed by atoms with van der Waals surface area (Å²) >= 11 is 0. The first-order chi connectivity index (χ1) is 29.1.